The number of aromatic nitrogens is 2. The molecule has 1 amide bonds. The summed E-state index contributed by atoms with van der Waals surface area (Å²) in [7, 11) is 3.27. The number of nitrogens with one attached hydrogen (secondary N) is 1. The molecular weight excluding hydrogens is 374 g/mol. The van der Waals surface area contributed by atoms with Gasteiger partial charge in [-0.1, -0.05) is 24.3 Å². The molecular formula is C21H21N3O3S. The van der Waals surface area contributed by atoms with Crippen LogP contribution in [0.25, 0.3) is 5.69 Å². The Kier molecular flexibility index (Phi) is 5.00. The van der Waals surface area contributed by atoms with E-state index in [2.05, 4.69) is 5.32 Å². The molecule has 1 aliphatic heterocycles. The van der Waals surface area contributed by atoms with E-state index in [1.807, 2.05) is 55.5 Å². The van der Waals surface area contributed by atoms with Gasteiger partial charge in [-0.25, -0.2) is 4.68 Å². The van der Waals surface area contributed by atoms with Crippen LogP contribution in [0.2, 0.25) is 0 Å². The quantitative estimate of drug-likeness (QED) is 0.724. The minimum atomic E-state index is -0.0905. The van der Waals surface area contributed by atoms with Gasteiger partial charge in [0.25, 0.3) is 0 Å². The third-order valence-electron chi connectivity index (χ3n) is 4.73. The molecule has 4 rings (SSSR count). The molecule has 0 aliphatic carbocycles. The summed E-state index contributed by atoms with van der Waals surface area (Å²) < 4.78 is 12.8. The number of anilines is 1. The number of para-hydroxylation sites is 1. The summed E-state index contributed by atoms with van der Waals surface area (Å²) in [6, 6.07) is 15.6. The minimum Gasteiger partial charge on any atom is -0.497 e. The molecule has 28 heavy (non-hydrogen) atoms. The Morgan fingerprint density at radius 3 is 2.64 bits per heavy atom. The molecule has 1 atom stereocenters. The van der Waals surface area contributed by atoms with Gasteiger partial charge in [-0.05, 0) is 25.1 Å². The van der Waals surface area contributed by atoms with E-state index < -0.39 is 0 Å². The molecule has 0 saturated carbocycles. The van der Waals surface area contributed by atoms with Crippen LogP contribution < -0.4 is 14.8 Å². The number of amides is 1. The van der Waals surface area contributed by atoms with E-state index >= 15 is 0 Å². The highest BCUT2D eigenvalue weighted by molar-refractivity contribution is 8.00. The van der Waals surface area contributed by atoms with Gasteiger partial charge in [0.1, 0.15) is 17.3 Å². The third-order valence-corrected chi connectivity index (χ3v) is 5.98. The van der Waals surface area contributed by atoms with Crippen molar-refractivity contribution >= 4 is 23.5 Å². The lowest BCUT2D eigenvalue weighted by Gasteiger charge is -2.19. The molecule has 2 heterocycles. The Balaban J connectivity index is 1.89. The summed E-state index contributed by atoms with van der Waals surface area (Å²) in [5.41, 5.74) is 3.75. The number of hydrogen-bond acceptors (Lipinski definition) is 5. The number of rotatable bonds is 4. The van der Waals surface area contributed by atoms with Gasteiger partial charge < -0.3 is 14.8 Å². The smallest absolute Gasteiger partial charge is 0.235 e. The van der Waals surface area contributed by atoms with Crippen LogP contribution in [0.15, 0.2) is 48.5 Å². The van der Waals surface area contributed by atoms with Gasteiger partial charge in [0.2, 0.25) is 5.91 Å². The zero-order valence-corrected chi connectivity index (χ0v) is 16.7. The van der Waals surface area contributed by atoms with E-state index in [-0.39, 0.29) is 11.2 Å². The number of fused-ring (bicyclic) bond motifs is 1. The number of thioether (sulfide) groups is 1. The zero-order valence-electron chi connectivity index (χ0n) is 15.9. The number of benzene rings is 2. The van der Waals surface area contributed by atoms with E-state index in [0.29, 0.717) is 11.6 Å². The van der Waals surface area contributed by atoms with Crippen molar-refractivity contribution in [2.24, 2.45) is 0 Å². The summed E-state index contributed by atoms with van der Waals surface area (Å²) in [5, 5.41) is 7.68. The molecule has 6 nitrogen and oxygen atoms in total. The number of carbonyl (C=O) groups is 1. The Bertz CT molecular complexity index is 1020. The molecule has 1 N–H and O–H groups in total. The molecule has 7 heteroatoms. The predicted molar refractivity (Wildman–Crippen MR) is 111 cm³/mol. The highest BCUT2D eigenvalue weighted by Gasteiger charge is 2.32. The second kappa shape index (κ2) is 7.59. The first-order valence-corrected chi connectivity index (χ1v) is 9.95. The largest absolute Gasteiger partial charge is 0.497 e. The van der Waals surface area contributed by atoms with Crippen molar-refractivity contribution in [2.75, 3.05) is 25.3 Å². The van der Waals surface area contributed by atoms with E-state index in [9.17, 15) is 4.79 Å². The maximum absolute atomic E-state index is 12.4. The summed E-state index contributed by atoms with van der Waals surface area (Å²) >= 11 is 1.57. The summed E-state index contributed by atoms with van der Waals surface area (Å²) in [5.74, 6) is 2.47. The molecule has 0 bridgehead atoms. The fourth-order valence-electron chi connectivity index (χ4n) is 3.42. The second-order valence-corrected chi connectivity index (χ2v) is 7.54. The van der Waals surface area contributed by atoms with E-state index in [4.69, 9.17) is 14.6 Å². The SMILES string of the molecule is COc1ccc([C@H]2SCC(=O)Nc3c2c(C)nn3-c2ccccc2)c(OC)c1. The van der Waals surface area contributed by atoms with Gasteiger partial charge in [0.15, 0.2) is 0 Å². The topological polar surface area (TPSA) is 65.4 Å². The molecule has 0 unspecified atom stereocenters. The molecule has 0 saturated heterocycles. The molecule has 1 aromatic heterocycles. The van der Waals surface area contributed by atoms with Gasteiger partial charge in [0.05, 0.1) is 36.6 Å². The number of nitrogens with zero attached hydrogens (tertiary/aromatic N) is 2. The third kappa shape index (κ3) is 3.22. The Morgan fingerprint density at radius 2 is 1.93 bits per heavy atom. The normalized spacial score (nSPS) is 16.1. The minimum absolute atomic E-state index is 0.0432. The Hall–Kier alpha value is -2.93. The average molecular weight is 395 g/mol. The van der Waals surface area contributed by atoms with Crippen LogP contribution in [0.5, 0.6) is 11.5 Å². The lowest BCUT2D eigenvalue weighted by Crippen LogP contribution is -2.15. The standard InChI is InChI=1S/C21H21N3O3S/c1-13-19-20(16-10-9-15(26-2)11-17(16)27-3)28-12-18(25)22-21(19)24(23-13)14-7-5-4-6-8-14/h4-11,20H,12H2,1-3H3,(H,22,25)/t20-/m1/s1. The fourth-order valence-corrected chi connectivity index (χ4v) is 4.63. The molecule has 1 aliphatic rings. The number of hydrogen-bond donors (Lipinski definition) is 1. The highest BCUT2D eigenvalue weighted by atomic mass is 32.2. The van der Waals surface area contributed by atoms with Crippen molar-refractivity contribution in [3.05, 3.63) is 65.4 Å². The van der Waals surface area contributed by atoms with Crippen LogP contribution in [-0.2, 0) is 4.79 Å². The van der Waals surface area contributed by atoms with Gasteiger partial charge in [-0.15, -0.1) is 11.8 Å². The molecule has 3 aromatic rings. The van der Waals surface area contributed by atoms with Crippen molar-refractivity contribution in [1.82, 2.24) is 9.78 Å². The summed E-state index contributed by atoms with van der Waals surface area (Å²) in [6.45, 7) is 1.97. The second-order valence-electron chi connectivity index (χ2n) is 6.44. The van der Waals surface area contributed by atoms with E-state index in [1.165, 1.54) is 0 Å². The van der Waals surface area contributed by atoms with Crippen LogP contribution in [0.4, 0.5) is 5.82 Å². The predicted octanol–water partition coefficient (Wildman–Crippen LogP) is 3.97. The first-order valence-electron chi connectivity index (χ1n) is 8.90. The summed E-state index contributed by atoms with van der Waals surface area (Å²) in [6.07, 6.45) is 0. The number of methoxy groups -OCH3 is 2. The van der Waals surface area contributed by atoms with Crippen LogP contribution >= 0.6 is 11.8 Å². The van der Waals surface area contributed by atoms with Gasteiger partial charge >= 0.3 is 0 Å². The molecule has 0 fully saturated rings. The number of aryl methyl sites for hydroxylation is 1. The van der Waals surface area contributed by atoms with Gasteiger partial charge in [-0.2, -0.15) is 5.10 Å². The highest BCUT2D eigenvalue weighted by Crippen LogP contribution is 2.47. The van der Waals surface area contributed by atoms with Crippen LogP contribution in [-0.4, -0.2) is 35.7 Å². The molecule has 2 aromatic carbocycles. The average Bonchev–Trinajstić information content (AvgIpc) is 2.93. The van der Waals surface area contributed by atoms with Gasteiger partial charge in [0, 0.05) is 17.2 Å². The Morgan fingerprint density at radius 1 is 1.14 bits per heavy atom. The van der Waals surface area contributed by atoms with Crippen molar-refractivity contribution in [3.8, 4) is 17.2 Å². The lowest BCUT2D eigenvalue weighted by molar-refractivity contribution is -0.113. The molecule has 0 radical (unpaired) electrons. The fraction of sp³-hybridized carbons (Fsp3) is 0.238. The molecule has 0 spiro atoms. The lowest BCUT2D eigenvalue weighted by atomic mass is 10.0. The number of carbonyl (C=O) groups excluding carboxylic acids is 1. The van der Waals surface area contributed by atoms with Crippen LogP contribution in [0, 0.1) is 6.92 Å². The van der Waals surface area contributed by atoms with Crippen molar-refractivity contribution in [3.63, 3.8) is 0 Å². The Labute approximate surface area is 167 Å². The first kappa shape index (κ1) is 18.4. The zero-order chi connectivity index (χ0) is 19.7. The van der Waals surface area contributed by atoms with E-state index in [0.717, 1.165) is 34.0 Å². The first-order chi connectivity index (χ1) is 13.6. The van der Waals surface area contributed by atoms with Crippen molar-refractivity contribution in [2.45, 2.75) is 12.2 Å². The number of ether oxygens (including phenoxy) is 2. The van der Waals surface area contributed by atoms with Gasteiger partial charge in [-0.3, -0.25) is 4.79 Å². The summed E-state index contributed by atoms with van der Waals surface area (Å²) in [4.78, 5) is 12.4. The van der Waals surface area contributed by atoms with Crippen LogP contribution in [0.1, 0.15) is 22.1 Å². The maximum Gasteiger partial charge on any atom is 0.235 e. The maximum atomic E-state index is 12.4. The monoisotopic (exact) mass is 395 g/mol. The molecule has 144 valence electrons. The van der Waals surface area contributed by atoms with E-state index in [1.54, 1.807) is 30.7 Å². The van der Waals surface area contributed by atoms with Crippen molar-refractivity contribution in [1.29, 1.82) is 0 Å². The van der Waals surface area contributed by atoms with Crippen LogP contribution in [0.3, 0.4) is 0 Å². The van der Waals surface area contributed by atoms with Crippen molar-refractivity contribution < 1.29 is 14.3 Å².